The maximum atomic E-state index is 9.78. The van der Waals surface area contributed by atoms with Crippen molar-refractivity contribution in [1.82, 2.24) is 10.1 Å². The molecule has 1 aromatic carbocycles. The van der Waals surface area contributed by atoms with Gasteiger partial charge in [-0.2, -0.15) is 4.98 Å². The minimum atomic E-state index is 0.256. The Morgan fingerprint density at radius 2 is 1.95 bits per heavy atom. The summed E-state index contributed by atoms with van der Waals surface area (Å²) in [7, 11) is 0. The smallest absolute Gasteiger partial charge is 0.258 e. The number of rotatable bonds is 2. The fourth-order valence-corrected chi connectivity index (χ4v) is 2.92. The van der Waals surface area contributed by atoms with E-state index in [4.69, 9.17) is 4.52 Å². The Kier molecular flexibility index (Phi) is 3.47. The summed E-state index contributed by atoms with van der Waals surface area (Å²) in [6.45, 7) is 6.50. The number of phenolic OH excluding ortho intramolecular Hbond substituents is 1. The fraction of sp³-hybridized carbons (Fsp3) is 0.529. The molecule has 0 atom stereocenters. The average molecular weight is 286 g/mol. The van der Waals surface area contributed by atoms with Gasteiger partial charge in [-0.25, -0.2) is 0 Å². The predicted molar refractivity (Wildman–Crippen MR) is 81.1 cm³/mol. The lowest BCUT2D eigenvalue weighted by Gasteiger charge is -2.32. The summed E-state index contributed by atoms with van der Waals surface area (Å²) in [4.78, 5) is 4.53. The third-order valence-electron chi connectivity index (χ3n) is 4.60. The standard InChI is InChI=1S/C17H22N2O2/c1-11-4-5-13(10-14(11)20)16-18-15(19-21-16)12-6-8-17(2,3)9-7-12/h4-5,10,12,20H,6-9H2,1-3H3. The van der Waals surface area contributed by atoms with Crippen molar-refractivity contribution in [3.05, 3.63) is 29.6 Å². The van der Waals surface area contributed by atoms with E-state index in [1.54, 1.807) is 6.07 Å². The molecule has 1 fully saturated rings. The molecule has 1 aliphatic carbocycles. The molecule has 1 aliphatic rings. The number of aryl methyl sites for hydroxylation is 1. The van der Waals surface area contributed by atoms with Crippen molar-refractivity contribution in [3.63, 3.8) is 0 Å². The highest BCUT2D eigenvalue weighted by Crippen LogP contribution is 2.41. The molecule has 0 radical (unpaired) electrons. The fourth-order valence-electron chi connectivity index (χ4n) is 2.92. The lowest BCUT2D eigenvalue weighted by atomic mass is 9.73. The molecule has 0 saturated heterocycles. The van der Waals surface area contributed by atoms with Gasteiger partial charge >= 0.3 is 0 Å². The van der Waals surface area contributed by atoms with Gasteiger partial charge in [0.05, 0.1) is 0 Å². The number of benzene rings is 1. The molecule has 21 heavy (non-hydrogen) atoms. The number of hydrogen-bond donors (Lipinski definition) is 1. The minimum absolute atomic E-state index is 0.256. The summed E-state index contributed by atoms with van der Waals surface area (Å²) < 4.78 is 5.38. The first-order chi connectivity index (χ1) is 9.94. The molecule has 2 aromatic rings. The zero-order valence-electron chi connectivity index (χ0n) is 12.9. The SMILES string of the molecule is Cc1ccc(-c2nc(C3CCC(C)(C)CC3)no2)cc1O. The van der Waals surface area contributed by atoms with Crippen LogP contribution >= 0.6 is 0 Å². The summed E-state index contributed by atoms with van der Waals surface area (Å²) in [6.07, 6.45) is 4.63. The monoisotopic (exact) mass is 286 g/mol. The van der Waals surface area contributed by atoms with Crippen molar-refractivity contribution < 1.29 is 9.63 Å². The average Bonchev–Trinajstić information content (AvgIpc) is 2.91. The number of nitrogens with zero attached hydrogens (tertiary/aromatic N) is 2. The van der Waals surface area contributed by atoms with Crippen LogP contribution in [0.2, 0.25) is 0 Å². The normalized spacial score (nSPS) is 18.8. The van der Waals surface area contributed by atoms with Crippen molar-refractivity contribution in [2.45, 2.75) is 52.4 Å². The summed E-state index contributed by atoms with van der Waals surface area (Å²) in [6, 6.07) is 5.44. The van der Waals surface area contributed by atoms with E-state index in [1.807, 2.05) is 19.1 Å². The van der Waals surface area contributed by atoms with Gasteiger partial charge in [0.15, 0.2) is 5.82 Å². The third-order valence-corrected chi connectivity index (χ3v) is 4.60. The Hall–Kier alpha value is -1.84. The van der Waals surface area contributed by atoms with Gasteiger partial charge in [0.2, 0.25) is 0 Å². The van der Waals surface area contributed by atoms with Gasteiger partial charge in [-0.3, -0.25) is 0 Å². The number of aromatic hydroxyl groups is 1. The van der Waals surface area contributed by atoms with Crippen LogP contribution < -0.4 is 0 Å². The molecule has 0 aliphatic heterocycles. The van der Waals surface area contributed by atoms with E-state index in [-0.39, 0.29) is 5.75 Å². The van der Waals surface area contributed by atoms with Crippen molar-refractivity contribution in [1.29, 1.82) is 0 Å². The lowest BCUT2D eigenvalue weighted by Crippen LogP contribution is -2.20. The zero-order chi connectivity index (χ0) is 15.0. The first-order valence-electron chi connectivity index (χ1n) is 7.58. The van der Waals surface area contributed by atoms with E-state index in [0.29, 0.717) is 17.2 Å². The van der Waals surface area contributed by atoms with Crippen molar-refractivity contribution in [2.75, 3.05) is 0 Å². The first-order valence-corrected chi connectivity index (χ1v) is 7.58. The van der Waals surface area contributed by atoms with Gasteiger partial charge < -0.3 is 9.63 Å². The molecule has 4 nitrogen and oxygen atoms in total. The van der Waals surface area contributed by atoms with Crippen molar-refractivity contribution >= 4 is 0 Å². The maximum Gasteiger partial charge on any atom is 0.258 e. The molecule has 1 aromatic heterocycles. The van der Waals surface area contributed by atoms with Crippen LogP contribution in [0.15, 0.2) is 22.7 Å². The molecular formula is C17H22N2O2. The van der Waals surface area contributed by atoms with E-state index in [2.05, 4.69) is 24.0 Å². The van der Waals surface area contributed by atoms with E-state index in [0.717, 1.165) is 29.8 Å². The molecule has 1 saturated carbocycles. The van der Waals surface area contributed by atoms with E-state index >= 15 is 0 Å². The number of aromatic nitrogens is 2. The Balaban J connectivity index is 1.79. The van der Waals surface area contributed by atoms with Gasteiger partial charge in [-0.05, 0) is 55.7 Å². The lowest BCUT2D eigenvalue weighted by molar-refractivity contribution is 0.218. The van der Waals surface area contributed by atoms with Gasteiger partial charge in [0, 0.05) is 11.5 Å². The van der Waals surface area contributed by atoms with Crippen LogP contribution in [0.25, 0.3) is 11.5 Å². The molecule has 0 spiro atoms. The third kappa shape index (κ3) is 2.94. The largest absolute Gasteiger partial charge is 0.508 e. The number of phenols is 1. The molecule has 0 amide bonds. The second-order valence-corrected chi connectivity index (χ2v) is 6.90. The Labute approximate surface area is 125 Å². The Morgan fingerprint density at radius 3 is 2.62 bits per heavy atom. The van der Waals surface area contributed by atoms with E-state index < -0.39 is 0 Å². The first kappa shape index (κ1) is 14.1. The van der Waals surface area contributed by atoms with Crippen molar-refractivity contribution in [2.24, 2.45) is 5.41 Å². The molecule has 0 unspecified atom stereocenters. The van der Waals surface area contributed by atoms with Crippen LogP contribution in [-0.4, -0.2) is 15.2 Å². The second kappa shape index (κ2) is 5.17. The van der Waals surface area contributed by atoms with Crippen LogP contribution in [0, 0.1) is 12.3 Å². The Morgan fingerprint density at radius 1 is 1.24 bits per heavy atom. The van der Waals surface area contributed by atoms with Gasteiger partial charge in [-0.15, -0.1) is 0 Å². The van der Waals surface area contributed by atoms with Crippen molar-refractivity contribution in [3.8, 4) is 17.2 Å². The topological polar surface area (TPSA) is 59.2 Å². The van der Waals surface area contributed by atoms with Gasteiger partial charge in [0.1, 0.15) is 5.75 Å². The molecule has 112 valence electrons. The Bertz CT molecular complexity index is 636. The molecule has 1 N–H and O–H groups in total. The highest BCUT2D eigenvalue weighted by Gasteiger charge is 2.30. The molecule has 0 bridgehead atoms. The predicted octanol–water partition coefficient (Wildman–Crippen LogP) is 4.43. The highest BCUT2D eigenvalue weighted by molar-refractivity contribution is 5.57. The minimum Gasteiger partial charge on any atom is -0.508 e. The molecule has 3 rings (SSSR count). The summed E-state index contributed by atoms with van der Waals surface area (Å²) >= 11 is 0. The quantitative estimate of drug-likeness (QED) is 0.887. The molecular weight excluding hydrogens is 264 g/mol. The van der Waals surface area contributed by atoms with Gasteiger partial charge in [0.25, 0.3) is 5.89 Å². The second-order valence-electron chi connectivity index (χ2n) is 6.90. The van der Waals surface area contributed by atoms with Crippen LogP contribution in [-0.2, 0) is 0 Å². The van der Waals surface area contributed by atoms with Crippen LogP contribution in [0.1, 0.15) is 56.8 Å². The molecule has 1 heterocycles. The van der Waals surface area contributed by atoms with Crippen LogP contribution in [0.3, 0.4) is 0 Å². The van der Waals surface area contributed by atoms with Gasteiger partial charge in [-0.1, -0.05) is 25.1 Å². The summed E-state index contributed by atoms with van der Waals surface area (Å²) in [5.74, 6) is 1.95. The van der Waals surface area contributed by atoms with Crippen LogP contribution in [0.5, 0.6) is 5.75 Å². The van der Waals surface area contributed by atoms with Crippen LogP contribution in [0.4, 0.5) is 0 Å². The molecule has 4 heteroatoms. The van der Waals surface area contributed by atoms with E-state index in [9.17, 15) is 5.11 Å². The summed E-state index contributed by atoms with van der Waals surface area (Å²) in [5, 5.41) is 13.9. The van der Waals surface area contributed by atoms with E-state index in [1.165, 1.54) is 12.8 Å². The number of hydrogen-bond acceptors (Lipinski definition) is 4. The highest BCUT2D eigenvalue weighted by atomic mass is 16.5. The summed E-state index contributed by atoms with van der Waals surface area (Å²) in [5.41, 5.74) is 2.05. The maximum absolute atomic E-state index is 9.78. The zero-order valence-corrected chi connectivity index (χ0v) is 12.9.